The minimum Gasteiger partial charge on any atom is -0.505 e. The molecule has 9 heteroatoms. The molecule has 1 aromatic carbocycles. The molecule has 31 heavy (non-hydrogen) atoms. The third-order valence-electron chi connectivity index (χ3n) is 5.40. The molecule has 0 atom stereocenters. The van der Waals surface area contributed by atoms with Gasteiger partial charge >= 0.3 is 6.03 Å². The third-order valence-corrected chi connectivity index (χ3v) is 5.98. The van der Waals surface area contributed by atoms with Crippen molar-refractivity contribution in [3.8, 4) is 17.0 Å². The van der Waals surface area contributed by atoms with Gasteiger partial charge in [-0.25, -0.2) is 19.7 Å². The SMILES string of the molecule is O=C(Nc1cnc2ccc(-c3cc(Cl)c(O)c(Cl)c3)nc2n1)NC1CCCCCCC1. The molecule has 0 radical (unpaired) electrons. The van der Waals surface area contributed by atoms with Crippen LogP contribution in [-0.4, -0.2) is 32.1 Å². The Kier molecular flexibility index (Phi) is 6.73. The van der Waals surface area contributed by atoms with E-state index in [0.717, 1.165) is 25.7 Å². The highest BCUT2D eigenvalue weighted by molar-refractivity contribution is 6.37. The Labute approximate surface area is 190 Å². The van der Waals surface area contributed by atoms with E-state index in [2.05, 4.69) is 25.6 Å². The van der Waals surface area contributed by atoms with Gasteiger partial charge in [0.2, 0.25) is 0 Å². The number of hydrogen-bond donors (Lipinski definition) is 3. The van der Waals surface area contributed by atoms with E-state index < -0.39 is 0 Å². The smallest absolute Gasteiger partial charge is 0.320 e. The van der Waals surface area contributed by atoms with Crippen LogP contribution < -0.4 is 10.6 Å². The fourth-order valence-electron chi connectivity index (χ4n) is 3.77. The average Bonchev–Trinajstić information content (AvgIpc) is 2.73. The van der Waals surface area contributed by atoms with E-state index in [9.17, 15) is 9.90 Å². The molecule has 3 N–H and O–H groups in total. The highest BCUT2D eigenvalue weighted by Gasteiger charge is 2.15. The van der Waals surface area contributed by atoms with E-state index >= 15 is 0 Å². The van der Waals surface area contributed by atoms with Crippen LogP contribution >= 0.6 is 23.2 Å². The van der Waals surface area contributed by atoms with Gasteiger partial charge in [-0.1, -0.05) is 55.3 Å². The number of carbonyl (C=O) groups is 1. The lowest BCUT2D eigenvalue weighted by molar-refractivity contribution is 0.245. The number of aromatic nitrogens is 3. The molecule has 2 heterocycles. The molecule has 0 bridgehead atoms. The first-order chi connectivity index (χ1) is 15.0. The van der Waals surface area contributed by atoms with Crippen LogP contribution in [0.5, 0.6) is 5.75 Å². The van der Waals surface area contributed by atoms with Crippen LogP contribution in [0.25, 0.3) is 22.4 Å². The maximum atomic E-state index is 12.4. The molecule has 1 aliphatic rings. The first kappa shape index (κ1) is 21.6. The summed E-state index contributed by atoms with van der Waals surface area (Å²) in [4.78, 5) is 25.7. The van der Waals surface area contributed by atoms with Gasteiger partial charge in [0.15, 0.2) is 17.2 Å². The van der Waals surface area contributed by atoms with Gasteiger partial charge in [0.25, 0.3) is 0 Å². The molecule has 0 aliphatic heterocycles. The number of phenolic OH excluding ortho intramolecular Hbond substituents is 1. The van der Waals surface area contributed by atoms with Crippen molar-refractivity contribution in [2.24, 2.45) is 0 Å². The largest absolute Gasteiger partial charge is 0.505 e. The molecular formula is C22H23Cl2N5O2. The Hall–Kier alpha value is -2.64. The second-order valence-corrected chi connectivity index (χ2v) is 8.54. The molecule has 162 valence electrons. The summed E-state index contributed by atoms with van der Waals surface area (Å²) in [6.07, 6.45) is 9.51. The summed E-state index contributed by atoms with van der Waals surface area (Å²) in [7, 11) is 0. The van der Waals surface area contributed by atoms with E-state index in [1.54, 1.807) is 24.3 Å². The Bertz CT molecular complexity index is 1080. The van der Waals surface area contributed by atoms with Crippen LogP contribution in [0.2, 0.25) is 10.0 Å². The summed E-state index contributed by atoms with van der Waals surface area (Å²) in [5, 5.41) is 15.8. The molecule has 4 rings (SSSR count). The maximum Gasteiger partial charge on any atom is 0.320 e. The molecule has 2 amide bonds. The Morgan fingerprint density at radius 3 is 2.39 bits per heavy atom. The van der Waals surface area contributed by atoms with Crippen molar-refractivity contribution in [2.75, 3.05) is 5.32 Å². The zero-order valence-electron chi connectivity index (χ0n) is 16.9. The van der Waals surface area contributed by atoms with Crippen molar-refractivity contribution in [3.05, 3.63) is 40.5 Å². The number of amides is 2. The lowest BCUT2D eigenvalue weighted by atomic mass is 9.97. The topological polar surface area (TPSA) is 100 Å². The van der Waals surface area contributed by atoms with Crippen molar-refractivity contribution < 1.29 is 9.90 Å². The summed E-state index contributed by atoms with van der Waals surface area (Å²) in [6, 6.07) is 6.60. The van der Waals surface area contributed by atoms with Gasteiger partial charge in [-0.3, -0.25) is 5.32 Å². The van der Waals surface area contributed by atoms with Gasteiger partial charge in [-0.15, -0.1) is 0 Å². The van der Waals surface area contributed by atoms with Gasteiger partial charge in [-0.05, 0) is 37.1 Å². The number of rotatable bonds is 3. The second-order valence-electron chi connectivity index (χ2n) is 7.72. The number of fused-ring (bicyclic) bond motifs is 1. The Morgan fingerprint density at radius 2 is 1.68 bits per heavy atom. The first-order valence-electron chi connectivity index (χ1n) is 10.4. The summed E-state index contributed by atoms with van der Waals surface area (Å²) in [5.74, 6) is 0.150. The maximum absolute atomic E-state index is 12.4. The number of pyridine rings is 1. The number of halogens is 2. The van der Waals surface area contributed by atoms with E-state index in [1.807, 2.05) is 0 Å². The Morgan fingerprint density at radius 1 is 1.00 bits per heavy atom. The third kappa shape index (κ3) is 5.35. The minimum atomic E-state index is -0.285. The molecule has 0 saturated heterocycles. The van der Waals surface area contributed by atoms with Crippen molar-refractivity contribution >= 4 is 46.2 Å². The predicted molar refractivity (Wildman–Crippen MR) is 123 cm³/mol. The Balaban J connectivity index is 1.51. The number of aromatic hydroxyl groups is 1. The fraction of sp³-hybridized carbons (Fsp3) is 0.364. The molecule has 1 aliphatic carbocycles. The van der Waals surface area contributed by atoms with E-state index in [-0.39, 0.29) is 27.9 Å². The fourth-order valence-corrected chi connectivity index (χ4v) is 4.26. The van der Waals surface area contributed by atoms with Gasteiger partial charge in [0, 0.05) is 11.6 Å². The summed E-state index contributed by atoms with van der Waals surface area (Å²) in [5.41, 5.74) is 2.17. The van der Waals surface area contributed by atoms with Crippen molar-refractivity contribution in [1.82, 2.24) is 20.3 Å². The van der Waals surface area contributed by atoms with Crippen molar-refractivity contribution in [1.29, 1.82) is 0 Å². The molecule has 2 aromatic heterocycles. The number of phenols is 1. The summed E-state index contributed by atoms with van der Waals surface area (Å²) >= 11 is 12.0. The van der Waals surface area contributed by atoms with E-state index in [0.29, 0.717) is 28.2 Å². The van der Waals surface area contributed by atoms with Crippen LogP contribution in [-0.2, 0) is 0 Å². The lowest BCUT2D eigenvalue weighted by Crippen LogP contribution is -2.38. The molecule has 0 unspecified atom stereocenters. The van der Waals surface area contributed by atoms with Crippen LogP contribution in [0.3, 0.4) is 0 Å². The second kappa shape index (κ2) is 9.66. The number of nitrogens with one attached hydrogen (secondary N) is 2. The normalized spacial score (nSPS) is 15.3. The number of hydrogen-bond acceptors (Lipinski definition) is 5. The molecule has 3 aromatic rings. The standard InChI is InChI=1S/C22H23Cl2N5O2/c23-15-10-13(11-16(24)20(15)30)17-8-9-18-21(27-17)28-19(12-25-18)29-22(31)26-14-6-4-2-1-3-5-7-14/h8-12,14,30H,1-7H2,(H2,26,27,28,29,31). The molecule has 1 saturated carbocycles. The van der Waals surface area contributed by atoms with Crippen LogP contribution in [0, 0.1) is 0 Å². The van der Waals surface area contributed by atoms with Crippen LogP contribution in [0.4, 0.5) is 10.6 Å². The van der Waals surface area contributed by atoms with Gasteiger partial charge < -0.3 is 10.4 Å². The first-order valence-corrected chi connectivity index (χ1v) is 11.1. The summed E-state index contributed by atoms with van der Waals surface area (Å²) in [6.45, 7) is 0. The number of carbonyl (C=O) groups excluding carboxylic acids is 1. The zero-order valence-corrected chi connectivity index (χ0v) is 18.4. The molecular weight excluding hydrogens is 437 g/mol. The highest BCUT2D eigenvalue weighted by atomic mass is 35.5. The van der Waals surface area contributed by atoms with Gasteiger partial charge in [0.1, 0.15) is 5.52 Å². The molecule has 7 nitrogen and oxygen atoms in total. The quantitative estimate of drug-likeness (QED) is 0.449. The van der Waals surface area contributed by atoms with E-state index in [4.69, 9.17) is 23.2 Å². The highest BCUT2D eigenvalue weighted by Crippen LogP contribution is 2.36. The number of anilines is 1. The molecule has 1 fully saturated rings. The number of benzene rings is 1. The van der Waals surface area contributed by atoms with Gasteiger partial charge in [-0.2, -0.15) is 0 Å². The number of nitrogens with zero attached hydrogens (tertiary/aromatic N) is 3. The monoisotopic (exact) mass is 459 g/mol. The summed E-state index contributed by atoms with van der Waals surface area (Å²) < 4.78 is 0. The van der Waals surface area contributed by atoms with Gasteiger partial charge in [0.05, 0.1) is 21.9 Å². The van der Waals surface area contributed by atoms with Crippen molar-refractivity contribution in [3.63, 3.8) is 0 Å². The number of urea groups is 1. The average molecular weight is 460 g/mol. The van der Waals surface area contributed by atoms with Crippen LogP contribution in [0.15, 0.2) is 30.5 Å². The van der Waals surface area contributed by atoms with Crippen LogP contribution in [0.1, 0.15) is 44.9 Å². The van der Waals surface area contributed by atoms with E-state index in [1.165, 1.54) is 25.5 Å². The predicted octanol–water partition coefficient (Wildman–Crippen LogP) is 5.94. The molecule has 0 spiro atoms. The van der Waals surface area contributed by atoms with Crippen molar-refractivity contribution in [2.45, 2.75) is 51.0 Å². The lowest BCUT2D eigenvalue weighted by Gasteiger charge is -2.21. The zero-order chi connectivity index (χ0) is 21.8. The minimum absolute atomic E-state index is 0.136.